The van der Waals surface area contributed by atoms with Gasteiger partial charge in [0.2, 0.25) is 0 Å². The third kappa shape index (κ3) is 4.14. The first-order valence-electron chi connectivity index (χ1n) is 8.37. The number of rotatable bonds is 6. The third-order valence-corrected chi connectivity index (χ3v) is 4.38. The number of hydrogen-bond donors (Lipinski definition) is 3. The molecule has 0 fully saturated rings. The van der Waals surface area contributed by atoms with Crippen molar-refractivity contribution in [2.45, 2.75) is 38.3 Å². The molecule has 25 heavy (non-hydrogen) atoms. The van der Waals surface area contributed by atoms with Gasteiger partial charge in [0.05, 0.1) is 6.54 Å². The van der Waals surface area contributed by atoms with Gasteiger partial charge in [0.25, 0.3) is 0 Å². The quantitative estimate of drug-likeness (QED) is 0.730. The molecule has 0 saturated heterocycles. The summed E-state index contributed by atoms with van der Waals surface area (Å²) in [6, 6.07) is 5.19. The van der Waals surface area contributed by atoms with Crippen molar-refractivity contribution in [1.82, 2.24) is 25.4 Å². The Morgan fingerprint density at radius 1 is 1.32 bits per heavy atom. The van der Waals surface area contributed by atoms with Crippen molar-refractivity contribution in [2.24, 2.45) is 0 Å². The number of nitrogens with one attached hydrogen (secondary N) is 2. The van der Waals surface area contributed by atoms with Crippen LogP contribution in [-0.2, 0) is 25.0 Å². The van der Waals surface area contributed by atoms with Crippen molar-refractivity contribution in [3.05, 3.63) is 47.3 Å². The number of urea groups is 1. The Bertz CT molecular complexity index is 742. The van der Waals surface area contributed by atoms with Crippen LogP contribution in [0.15, 0.2) is 24.3 Å². The second-order valence-corrected chi connectivity index (χ2v) is 6.43. The van der Waals surface area contributed by atoms with Gasteiger partial charge in [-0.15, -0.1) is 10.2 Å². The lowest BCUT2D eigenvalue weighted by atomic mass is 9.96. The lowest BCUT2D eigenvalue weighted by molar-refractivity contribution is 0.0593. The smallest absolute Gasteiger partial charge is 0.314 e. The topological polar surface area (TPSA) is 92.1 Å². The van der Waals surface area contributed by atoms with Crippen LogP contribution in [0.1, 0.15) is 30.6 Å². The Morgan fingerprint density at radius 3 is 2.84 bits per heavy atom. The summed E-state index contributed by atoms with van der Waals surface area (Å²) in [6.07, 6.45) is 2.65. The van der Waals surface area contributed by atoms with E-state index in [0.29, 0.717) is 18.5 Å². The molecule has 8 heteroatoms. The molecular weight excluding hydrogens is 325 g/mol. The number of carbonyl (C=O) groups excluding carboxylic acids is 1. The summed E-state index contributed by atoms with van der Waals surface area (Å²) >= 11 is 0. The lowest BCUT2D eigenvalue weighted by Crippen LogP contribution is -2.44. The second-order valence-electron chi connectivity index (χ2n) is 6.43. The lowest BCUT2D eigenvalue weighted by Gasteiger charge is -2.24. The number of halogens is 1. The average Bonchev–Trinajstić information content (AvgIpc) is 3.18. The maximum absolute atomic E-state index is 13.0. The van der Waals surface area contributed by atoms with Gasteiger partial charge in [-0.3, -0.25) is 0 Å². The van der Waals surface area contributed by atoms with Crippen molar-refractivity contribution in [3.8, 4) is 0 Å². The molecule has 2 heterocycles. The first-order valence-corrected chi connectivity index (χ1v) is 8.37. The summed E-state index contributed by atoms with van der Waals surface area (Å²) in [4.78, 5) is 11.9. The van der Waals surface area contributed by atoms with E-state index in [1.807, 2.05) is 0 Å². The molecule has 3 N–H and O–H groups in total. The highest BCUT2D eigenvalue weighted by Crippen LogP contribution is 2.19. The number of nitrogens with zero attached hydrogens (tertiary/aromatic N) is 3. The summed E-state index contributed by atoms with van der Waals surface area (Å²) in [6.45, 7) is 2.96. The molecule has 0 aliphatic carbocycles. The van der Waals surface area contributed by atoms with Gasteiger partial charge in [0.1, 0.15) is 23.1 Å². The Kier molecular flexibility index (Phi) is 4.98. The van der Waals surface area contributed by atoms with Crippen molar-refractivity contribution < 1.29 is 14.3 Å². The highest BCUT2D eigenvalue weighted by Gasteiger charge is 2.24. The number of hydrogen-bond acceptors (Lipinski definition) is 4. The molecule has 1 aliphatic rings. The predicted octanol–water partition coefficient (Wildman–Crippen LogP) is 1.11. The minimum Gasteiger partial charge on any atom is -0.384 e. The molecule has 7 nitrogen and oxygen atoms in total. The molecule has 0 bridgehead atoms. The molecular formula is C17H22FN5O2. The Balaban J connectivity index is 1.43. The number of amides is 2. The van der Waals surface area contributed by atoms with Gasteiger partial charge in [0, 0.05) is 25.9 Å². The Labute approximate surface area is 145 Å². The third-order valence-electron chi connectivity index (χ3n) is 4.38. The van der Waals surface area contributed by atoms with E-state index in [-0.39, 0.29) is 18.4 Å². The molecule has 2 aromatic rings. The van der Waals surface area contributed by atoms with E-state index in [1.54, 1.807) is 6.92 Å². The SMILES string of the molecule is CC(O)(CNC(=O)NCCc1nnc2n1CCC2)c1ccc(F)cc1. The fraction of sp³-hybridized carbons (Fsp3) is 0.471. The molecule has 3 rings (SSSR count). The van der Waals surface area contributed by atoms with Crippen LogP contribution < -0.4 is 10.6 Å². The van der Waals surface area contributed by atoms with E-state index in [9.17, 15) is 14.3 Å². The summed E-state index contributed by atoms with van der Waals surface area (Å²) in [5.41, 5.74) is -0.744. The summed E-state index contributed by atoms with van der Waals surface area (Å²) in [7, 11) is 0. The number of carbonyl (C=O) groups is 1. The highest BCUT2D eigenvalue weighted by molar-refractivity contribution is 5.73. The molecule has 1 aromatic carbocycles. The van der Waals surface area contributed by atoms with E-state index in [2.05, 4.69) is 25.4 Å². The van der Waals surface area contributed by atoms with Crippen LogP contribution >= 0.6 is 0 Å². The van der Waals surface area contributed by atoms with Crippen LogP contribution in [0.3, 0.4) is 0 Å². The van der Waals surface area contributed by atoms with Crippen LogP contribution in [0.5, 0.6) is 0 Å². The molecule has 1 aliphatic heterocycles. The van der Waals surface area contributed by atoms with Gasteiger partial charge in [-0.1, -0.05) is 12.1 Å². The zero-order chi connectivity index (χ0) is 17.9. The fourth-order valence-corrected chi connectivity index (χ4v) is 2.91. The van der Waals surface area contributed by atoms with Crippen molar-refractivity contribution in [1.29, 1.82) is 0 Å². The van der Waals surface area contributed by atoms with Crippen LogP contribution in [0.25, 0.3) is 0 Å². The van der Waals surface area contributed by atoms with Crippen molar-refractivity contribution >= 4 is 6.03 Å². The van der Waals surface area contributed by atoms with Gasteiger partial charge in [-0.05, 0) is 31.0 Å². The normalized spacial score (nSPS) is 15.5. The minimum absolute atomic E-state index is 0.0186. The number of benzene rings is 1. The van der Waals surface area contributed by atoms with E-state index in [0.717, 1.165) is 31.0 Å². The Morgan fingerprint density at radius 2 is 2.08 bits per heavy atom. The number of fused-ring (bicyclic) bond motifs is 1. The molecule has 1 atom stereocenters. The molecule has 2 amide bonds. The van der Waals surface area contributed by atoms with Crippen LogP contribution in [-0.4, -0.2) is 39.0 Å². The summed E-state index contributed by atoms with van der Waals surface area (Å²) in [5, 5.41) is 24.1. The maximum Gasteiger partial charge on any atom is 0.314 e. The van der Waals surface area contributed by atoms with Crippen molar-refractivity contribution in [3.63, 3.8) is 0 Å². The standard InChI is InChI=1S/C17H22FN5O2/c1-17(25,12-4-6-13(18)7-5-12)11-20-16(24)19-9-8-15-22-21-14-3-2-10-23(14)15/h4-7,25H,2-3,8-11H2,1H3,(H2,19,20,24). The van der Waals surface area contributed by atoms with Crippen molar-refractivity contribution in [2.75, 3.05) is 13.1 Å². The van der Waals surface area contributed by atoms with Crippen LogP contribution in [0.4, 0.5) is 9.18 Å². The zero-order valence-corrected chi connectivity index (χ0v) is 14.1. The van der Waals surface area contributed by atoms with Gasteiger partial charge in [-0.25, -0.2) is 9.18 Å². The monoisotopic (exact) mass is 347 g/mol. The first kappa shape index (κ1) is 17.3. The van der Waals surface area contributed by atoms with E-state index in [1.165, 1.54) is 24.3 Å². The fourth-order valence-electron chi connectivity index (χ4n) is 2.91. The Hall–Kier alpha value is -2.48. The van der Waals surface area contributed by atoms with E-state index in [4.69, 9.17) is 0 Å². The predicted molar refractivity (Wildman–Crippen MR) is 89.4 cm³/mol. The van der Waals surface area contributed by atoms with Crippen LogP contribution in [0, 0.1) is 5.82 Å². The number of aryl methyl sites for hydroxylation is 1. The molecule has 0 spiro atoms. The van der Waals surface area contributed by atoms with Gasteiger partial charge >= 0.3 is 6.03 Å². The average molecular weight is 347 g/mol. The number of aromatic nitrogens is 3. The maximum atomic E-state index is 13.0. The summed E-state index contributed by atoms with van der Waals surface area (Å²) < 4.78 is 15.1. The van der Waals surface area contributed by atoms with Gasteiger partial charge in [-0.2, -0.15) is 0 Å². The molecule has 1 aromatic heterocycles. The van der Waals surface area contributed by atoms with E-state index >= 15 is 0 Å². The number of aliphatic hydroxyl groups is 1. The summed E-state index contributed by atoms with van der Waals surface area (Å²) in [5.74, 6) is 1.52. The zero-order valence-electron chi connectivity index (χ0n) is 14.1. The molecule has 0 radical (unpaired) electrons. The van der Waals surface area contributed by atoms with Crippen LogP contribution in [0.2, 0.25) is 0 Å². The van der Waals surface area contributed by atoms with Gasteiger partial charge < -0.3 is 20.3 Å². The largest absolute Gasteiger partial charge is 0.384 e. The molecule has 134 valence electrons. The van der Waals surface area contributed by atoms with E-state index < -0.39 is 5.60 Å². The second kappa shape index (κ2) is 7.18. The van der Waals surface area contributed by atoms with Gasteiger partial charge in [0.15, 0.2) is 0 Å². The minimum atomic E-state index is -1.28. The first-order chi connectivity index (χ1) is 12.0. The highest BCUT2D eigenvalue weighted by atomic mass is 19.1. The molecule has 0 saturated carbocycles. The molecule has 1 unspecified atom stereocenters.